The molecule has 20 heavy (non-hydrogen) atoms. The summed E-state index contributed by atoms with van der Waals surface area (Å²) in [5, 5.41) is 0. The third kappa shape index (κ3) is 2.54. The van der Waals surface area contributed by atoms with Crippen molar-refractivity contribution >= 4 is 29.7 Å². The standard InChI is InChI=1S/C16H15ClN2.ClH/c1-11-3-6-13(7-4-11)16-14(9-17)19-10-12(2)5-8-15(19)18-16;/h3-8,10H,9H2,1-2H3;1H. The van der Waals surface area contributed by atoms with Crippen molar-refractivity contribution in [3.63, 3.8) is 0 Å². The average Bonchev–Trinajstić information content (AvgIpc) is 2.77. The first-order valence-corrected chi connectivity index (χ1v) is 6.83. The number of imidazole rings is 1. The normalized spacial score (nSPS) is 10.6. The van der Waals surface area contributed by atoms with E-state index in [1.54, 1.807) is 0 Å². The van der Waals surface area contributed by atoms with Crippen LogP contribution in [0.4, 0.5) is 0 Å². The molecule has 2 nitrogen and oxygen atoms in total. The lowest BCUT2D eigenvalue weighted by Gasteiger charge is -2.02. The highest BCUT2D eigenvalue weighted by Gasteiger charge is 2.12. The molecule has 3 rings (SSSR count). The van der Waals surface area contributed by atoms with Crippen molar-refractivity contribution in [3.05, 3.63) is 59.4 Å². The molecule has 0 saturated carbocycles. The Hall–Kier alpha value is -1.51. The minimum absolute atomic E-state index is 0. The van der Waals surface area contributed by atoms with Crippen LogP contribution in [0.15, 0.2) is 42.6 Å². The highest BCUT2D eigenvalue weighted by molar-refractivity contribution is 6.17. The Labute approximate surface area is 129 Å². The van der Waals surface area contributed by atoms with Gasteiger partial charge in [0.05, 0.1) is 17.3 Å². The van der Waals surface area contributed by atoms with Crippen LogP contribution in [0.25, 0.3) is 16.9 Å². The number of benzene rings is 1. The molecule has 0 aliphatic carbocycles. The van der Waals surface area contributed by atoms with Crippen LogP contribution in [-0.2, 0) is 5.88 Å². The molecule has 2 aromatic heterocycles. The van der Waals surface area contributed by atoms with E-state index in [2.05, 4.69) is 54.8 Å². The van der Waals surface area contributed by atoms with E-state index in [9.17, 15) is 0 Å². The molecule has 0 bridgehead atoms. The number of aryl methyl sites for hydroxylation is 2. The fourth-order valence-electron chi connectivity index (χ4n) is 2.27. The minimum atomic E-state index is 0. The molecule has 0 aliphatic rings. The van der Waals surface area contributed by atoms with E-state index in [0.29, 0.717) is 5.88 Å². The van der Waals surface area contributed by atoms with Gasteiger partial charge in [0.25, 0.3) is 0 Å². The van der Waals surface area contributed by atoms with Crippen molar-refractivity contribution in [2.45, 2.75) is 19.7 Å². The third-order valence-corrected chi connectivity index (χ3v) is 3.57. The molecule has 0 spiro atoms. The molecule has 0 radical (unpaired) electrons. The van der Waals surface area contributed by atoms with Gasteiger partial charge in [-0.3, -0.25) is 0 Å². The summed E-state index contributed by atoms with van der Waals surface area (Å²) in [6.07, 6.45) is 2.08. The molecular weight excluding hydrogens is 291 g/mol. The topological polar surface area (TPSA) is 17.3 Å². The molecule has 0 unspecified atom stereocenters. The molecule has 3 aromatic rings. The maximum atomic E-state index is 6.13. The van der Waals surface area contributed by atoms with E-state index < -0.39 is 0 Å². The molecule has 4 heteroatoms. The van der Waals surface area contributed by atoms with Crippen LogP contribution in [0.2, 0.25) is 0 Å². The Morgan fingerprint density at radius 3 is 2.30 bits per heavy atom. The first-order valence-electron chi connectivity index (χ1n) is 6.29. The van der Waals surface area contributed by atoms with Crippen molar-refractivity contribution in [2.75, 3.05) is 0 Å². The van der Waals surface area contributed by atoms with Crippen LogP contribution in [0.1, 0.15) is 16.8 Å². The molecule has 104 valence electrons. The summed E-state index contributed by atoms with van der Waals surface area (Å²) in [4.78, 5) is 4.70. The largest absolute Gasteiger partial charge is 0.302 e. The highest BCUT2D eigenvalue weighted by atomic mass is 35.5. The maximum Gasteiger partial charge on any atom is 0.137 e. The van der Waals surface area contributed by atoms with Gasteiger partial charge in [0.2, 0.25) is 0 Å². The molecule has 0 aliphatic heterocycles. The number of aromatic nitrogens is 2. The quantitative estimate of drug-likeness (QED) is 0.623. The van der Waals surface area contributed by atoms with Crippen LogP contribution in [0.3, 0.4) is 0 Å². The molecule has 0 atom stereocenters. The summed E-state index contributed by atoms with van der Waals surface area (Å²) in [6, 6.07) is 12.5. The van der Waals surface area contributed by atoms with E-state index in [4.69, 9.17) is 16.6 Å². The zero-order valence-corrected chi connectivity index (χ0v) is 13.0. The summed E-state index contributed by atoms with van der Waals surface area (Å²) in [5.74, 6) is 0.452. The minimum Gasteiger partial charge on any atom is -0.302 e. The number of fused-ring (bicyclic) bond motifs is 1. The first kappa shape index (κ1) is 14.9. The van der Waals surface area contributed by atoms with Crippen molar-refractivity contribution in [2.24, 2.45) is 0 Å². The first-order chi connectivity index (χ1) is 9.19. The highest BCUT2D eigenvalue weighted by Crippen LogP contribution is 2.26. The van der Waals surface area contributed by atoms with E-state index in [0.717, 1.165) is 22.6 Å². The summed E-state index contributed by atoms with van der Waals surface area (Å²) in [5.41, 5.74) is 6.52. The molecule has 0 fully saturated rings. The van der Waals surface area contributed by atoms with Crippen molar-refractivity contribution in [1.82, 2.24) is 9.38 Å². The number of halogens is 2. The smallest absolute Gasteiger partial charge is 0.137 e. The van der Waals surface area contributed by atoms with Gasteiger partial charge in [-0.05, 0) is 25.5 Å². The number of nitrogens with zero attached hydrogens (tertiary/aromatic N) is 2. The Morgan fingerprint density at radius 1 is 1.00 bits per heavy atom. The zero-order chi connectivity index (χ0) is 13.4. The fraction of sp³-hybridized carbons (Fsp3) is 0.188. The Bertz CT molecular complexity index is 730. The SMILES string of the molecule is Cc1ccc(-c2nc3ccc(C)cn3c2CCl)cc1.Cl. The van der Waals surface area contributed by atoms with Crippen molar-refractivity contribution in [1.29, 1.82) is 0 Å². The van der Waals surface area contributed by atoms with Crippen LogP contribution in [-0.4, -0.2) is 9.38 Å². The number of rotatable bonds is 2. The van der Waals surface area contributed by atoms with Crippen LogP contribution in [0.5, 0.6) is 0 Å². The second kappa shape index (κ2) is 5.86. The number of hydrogen-bond donors (Lipinski definition) is 0. The second-order valence-electron chi connectivity index (χ2n) is 4.84. The summed E-state index contributed by atoms with van der Waals surface area (Å²) in [7, 11) is 0. The predicted octanol–water partition coefficient (Wildman–Crippen LogP) is 4.78. The van der Waals surface area contributed by atoms with E-state index in [-0.39, 0.29) is 12.4 Å². The zero-order valence-electron chi connectivity index (χ0n) is 11.4. The van der Waals surface area contributed by atoms with Gasteiger partial charge in [-0.25, -0.2) is 4.98 Å². The van der Waals surface area contributed by atoms with Gasteiger partial charge in [0, 0.05) is 11.8 Å². The fourth-order valence-corrected chi connectivity index (χ4v) is 2.53. The summed E-state index contributed by atoms with van der Waals surface area (Å²) in [6.45, 7) is 4.16. The summed E-state index contributed by atoms with van der Waals surface area (Å²) < 4.78 is 2.08. The summed E-state index contributed by atoms with van der Waals surface area (Å²) >= 11 is 6.13. The van der Waals surface area contributed by atoms with Crippen LogP contribution in [0, 0.1) is 13.8 Å². The Morgan fingerprint density at radius 2 is 1.65 bits per heavy atom. The van der Waals surface area contributed by atoms with Gasteiger partial charge < -0.3 is 4.40 Å². The molecule has 1 aromatic carbocycles. The van der Waals surface area contributed by atoms with Crippen LogP contribution >= 0.6 is 24.0 Å². The molecular formula is C16H16Cl2N2. The lowest BCUT2D eigenvalue weighted by molar-refractivity contribution is 1.07. The molecule has 0 N–H and O–H groups in total. The molecule has 0 saturated heterocycles. The second-order valence-corrected chi connectivity index (χ2v) is 5.11. The number of alkyl halides is 1. The van der Waals surface area contributed by atoms with E-state index >= 15 is 0 Å². The molecule has 2 heterocycles. The number of pyridine rings is 1. The van der Waals surface area contributed by atoms with E-state index in [1.807, 2.05) is 6.07 Å². The predicted molar refractivity (Wildman–Crippen MR) is 86.9 cm³/mol. The van der Waals surface area contributed by atoms with Gasteiger partial charge >= 0.3 is 0 Å². The third-order valence-electron chi connectivity index (χ3n) is 3.32. The average molecular weight is 307 g/mol. The van der Waals surface area contributed by atoms with E-state index in [1.165, 1.54) is 11.1 Å². The van der Waals surface area contributed by atoms with Gasteiger partial charge in [-0.2, -0.15) is 0 Å². The van der Waals surface area contributed by atoms with Gasteiger partial charge in [0.1, 0.15) is 5.65 Å². The maximum absolute atomic E-state index is 6.13. The van der Waals surface area contributed by atoms with Crippen LogP contribution < -0.4 is 0 Å². The van der Waals surface area contributed by atoms with Gasteiger partial charge in [-0.15, -0.1) is 24.0 Å². The van der Waals surface area contributed by atoms with Gasteiger partial charge in [-0.1, -0.05) is 35.9 Å². The Balaban J connectivity index is 0.00000147. The van der Waals surface area contributed by atoms with Crippen molar-refractivity contribution < 1.29 is 0 Å². The van der Waals surface area contributed by atoms with Gasteiger partial charge in [0.15, 0.2) is 0 Å². The number of hydrogen-bond acceptors (Lipinski definition) is 1. The molecule has 0 amide bonds. The lowest BCUT2D eigenvalue weighted by Crippen LogP contribution is -1.92. The van der Waals surface area contributed by atoms with Crippen molar-refractivity contribution in [3.8, 4) is 11.3 Å². The lowest BCUT2D eigenvalue weighted by atomic mass is 10.1. The Kier molecular flexibility index (Phi) is 4.36. The monoisotopic (exact) mass is 306 g/mol.